The lowest BCUT2D eigenvalue weighted by molar-refractivity contribution is -0.119. The molecule has 2 aromatic carbocycles. The van der Waals surface area contributed by atoms with Crippen LogP contribution in [0.1, 0.15) is 11.7 Å². The Kier molecular flexibility index (Phi) is 6.36. The molecule has 1 unspecified atom stereocenters. The van der Waals surface area contributed by atoms with Gasteiger partial charge in [-0.05, 0) is 29.8 Å². The molecule has 1 amide bonds. The minimum atomic E-state index is -0.147. The van der Waals surface area contributed by atoms with Gasteiger partial charge in [-0.1, -0.05) is 57.3 Å². The maximum atomic E-state index is 12.4. The fourth-order valence-corrected chi connectivity index (χ4v) is 3.48. The van der Waals surface area contributed by atoms with Crippen molar-refractivity contribution in [3.05, 3.63) is 62.5 Å². The van der Waals surface area contributed by atoms with Gasteiger partial charge in [0.05, 0.1) is 35.0 Å². The summed E-state index contributed by atoms with van der Waals surface area (Å²) < 4.78 is 6.87. The third kappa shape index (κ3) is 4.96. The first-order valence-electron chi connectivity index (χ1n) is 7.86. The zero-order chi connectivity index (χ0) is 17.8. The molecule has 0 aliphatic carbocycles. The van der Waals surface area contributed by atoms with Gasteiger partial charge in [-0.2, -0.15) is 0 Å². The maximum Gasteiger partial charge on any atom is 0.238 e. The lowest BCUT2D eigenvalue weighted by atomic mass is 10.1. The van der Waals surface area contributed by atoms with Crippen molar-refractivity contribution in [2.75, 3.05) is 31.6 Å². The molecule has 0 aromatic heterocycles. The van der Waals surface area contributed by atoms with Gasteiger partial charge < -0.3 is 10.1 Å². The van der Waals surface area contributed by atoms with Crippen LogP contribution < -0.4 is 5.32 Å². The van der Waals surface area contributed by atoms with E-state index < -0.39 is 0 Å². The molecule has 1 aliphatic rings. The van der Waals surface area contributed by atoms with Gasteiger partial charge in [0, 0.05) is 17.6 Å². The second kappa shape index (κ2) is 8.52. The first kappa shape index (κ1) is 18.7. The first-order chi connectivity index (χ1) is 12.0. The number of amides is 1. The Balaban J connectivity index is 1.60. The molecule has 7 heteroatoms. The average Bonchev–Trinajstić information content (AvgIpc) is 2.59. The Morgan fingerprint density at radius 2 is 1.88 bits per heavy atom. The average molecular weight is 444 g/mol. The second-order valence-corrected chi connectivity index (χ2v) is 7.52. The lowest BCUT2D eigenvalue weighted by Gasteiger charge is -2.32. The summed E-state index contributed by atoms with van der Waals surface area (Å²) in [5.74, 6) is -0.147. The largest absolute Gasteiger partial charge is 0.371 e. The number of ether oxygens (including phenoxy) is 1. The molecule has 0 spiro atoms. The topological polar surface area (TPSA) is 41.6 Å². The minimum absolute atomic E-state index is 0.0430. The van der Waals surface area contributed by atoms with Crippen LogP contribution in [0.4, 0.5) is 5.69 Å². The summed E-state index contributed by atoms with van der Waals surface area (Å²) in [7, 11) is 0. The predicted molar refractivity (Wildman–Crippen MR) is 104 cm³/mol. The Hall–Kier alpha value is -1.11. The van der Waals surface area contributed by atoms with Crippen molar-refractivity contribution in [2.24, 2.45) is 0 Å². The Labute approximate surface area is 165 Å². The van der Waals surface area contributed by atoms with E-state index in [1.807, 2.05) is 24.3 Å². The highest BCUT2D eigenvalue weighted by Crippen LogP contribution is 2.30. The molecule has 1 aliphatic heterocycles. The van der Waals surface area contributed by atoms with E-state index in [4.69, 9.17) is 27.9 Å². The molecule has 4 nitrogen and oxygen atoms in total. The molecule has 0 bridgehead atoms. The third-order valence-corrected chi connectivity index (χ3v) is 5.15. The summed E-state index contributed by atoms with van der Waals surface area (Å²) in [4.78, 5) is 14.4. The number of benzene rings is 2. The van der Waals surface area contributed by atoms with Gasteiger partial charge in [0.15, 0.2) is 0 Å². The SMILES string of the molecule is O=C(CN1CCOC(c2ccc(Br)cc2)C1)Nc1c(Cl)cccc1Cl. The highest BCUT2D eigenvalue weighted by atomic mass is 79.9. The number of nitrogens with zero attached hydrogens (tertiary/aromatic N) is 1. The van der Waals surface area contributed by atoms with E-state index in [-0.39, 0.29) is 18.6 Å². The highest BCUT2D eigenvalue weighted by molar-refractivity contribution is 9.10. The summed E-state index contributed by atoms with van der Waals surface area (Å²) in [6, 6.07) is 13.2. The van der Waals surface area contributed by atoms with Crippen molar-refractivity contribution in [3.63, 3.8) is 0 Å². The zero-order valence-electron chi connectivity index (χ0n) is 13.3. The van der Waals surface area contributed by atoms with Crippen LogP contribution in [0.5, 0.6) is 0 Å². The standard InChI is InChI=1S/C18H17BrCl2N2O2/c19-13-6-4-12(5-7-13)16-10-23(8-9-25-16)11-17(24)22-18-14(20)2-1-3-15(18)21/h1-7,16H,8-11H2,(H,22,24). The third-order valence-electron chi connectivity index (χ3n) is 3.99. The van der Waals surface area contributed by atoms with Crippen molar-refractivity contribution in [1.29, 1.82) is 0 Å². The number of rotatable bonds is 4. The van der Waals surface area contributed by atoms with Crippen LogP contribution in [0.15, 0.2) is 46.9 Å². The van der Waals surface area contributed by atoms with E-state index in [1.165, 1.54) is 0 Å². The number of para-hydroxylation sites is 1. The Morgan fingerprint density at radius 1 is 1.20 bits per heavy atom. The summed E-state index contributed by atoms with van der Waals surface area (Å²) in [6.45, 7) is 2.21. The van der Waals surface area contributed by atoms with Gasteiger partial charge in [-0.15, -0.1) is 0 Å². The minimum Gasteiger partial charge on any atom is -0.371 e. The summed E-state index contributed by atoms with van der Waals surface area (Å²) in [5, 5.41) is 3.65. The molecule has 3 rings (SSSR count). The van der Waals surface area contributed by atoms with E-state index in [1.54, 1.807) is 18.2 Å². The number of anilines is 1. The molecular formula is C18H17BrCl2N2O2. The van der Waals surface area contributed by atoms with Crippen molar-refractivity contribution >= 4 is 50.7 Å². The number of carbonyl (C=O) groups is 1. The number of carbonyl (C=O) groups excluding carboxylic acids is 1. The molecule has 25 heavy (non-hydrogen) atoms. The fourth-order valence-electron chi connectivity index (χ4n) is 2.72. The van der Waals surface area contributed by atoms with E-state index in [2.05, 4.69) is 26.1 Å². The molecular weight excluding hydrogens is 427 g/mol. The van der Waals surface area contributed by atoms with Crippen molar-refractivity contribution in [1.82, 2.24) is 4.90 Å². The number of hydrogen-bond acceptors (Lipinski definition) is 3. The van der Waals surface area contributed by atoms with Gasteiger partial charge in [0.1, 0.15) is 0 Å². The molecule has 0 radical (unpaired) electrons. The van der Waals surface area contributed by atoms with Crippen LogP contribution in [0.2, 0.25) is 10.0 Å². The van der Waals surface area contributed by atoms with Crippen molar-refractivity contribution < 1.29 is 9.53 Å². The van der Waals surface area contributed by atoms with Gasteiger partial charge in [0.2, 0.25) is 5.91 Å². The zero-order valence-corrected chi connectivity index (χ0v) is 16.4. The fraction of sp³-hybridized carbons (Fsp3) is 0.278. The molecule has 1 N–H and O–H groups in total. The summed E-state index contributed by atoms with van der Waals surface area (Å²) >= 11 is 15.6. The second-order valence-electron chi connectivity index (χ2n) is 5.79. The Morgan fingerprint density at radius 3 is 2.56 bits per heavy atom. The molecule has 1 saturated heterocycles. The van der Waals surface area contributed by atoms with Crippen LogP contribution in [0.3, 0.4) is 0 Å². The van der Waals surface area contributed by atoms with Crippen LogP contribution in [0.25, 0.3) is 0 Å². The quantitative estimate of drug-likeness (QED) is 0.739. The van der Waals surface area contributed by atoms with Gasteiger partial charge in [0.25, 0.3) is 0 Å². The van der Waals surface area contributed by atoms with Crippen LogP contribution in [0, 0.1) is 0 Å². The molecule has 132 valence electrons. The maximum absolute atomic E-state index is 12.4. The molecule has 0 saturated carbocycles. The van der Waals surface area contributed by atoms with Crippen molar-refractivity contribution in [2.45, 2.75) is 6.10 Å². The predicted octanol–water partition coefficient (Wildman–Crippen LogP) is 4.77. The van der Waals surface area contributed by atoms with Gasteiger partial charge in [-0.3, -0.25) is 9.69 Å². The monoisotopic (exact) mass is 442 g/mol. The van der Waals surface area contributed by atoms with Crippen LogP contribution >= 0.6 is 39.1 Å². The normalized spacial score (nSPS) is 18.1. The lowest BCUT2D eigenvalue weighted by Crippen LogP contribution is -2.42. The highest BCUT2D eigenvalue weighted by Gasteiger charge is 2.23. The molecule has 2 aromatic rings. The summed E-state index contributed by atoms with van der Waals surface area (Å²) in [6.07, 6.45) is -0.0430. The molecule has 1 fully saturated rings. The molecule has 1 heterocycles. The van der Waals surface area contributed by atoms with Gasteiger partial charge in [-0.25, -0.2) is 0 Å². The Bertz CT molecular complexity index is 735. The molecule has 1 atom stereocenters. The van der Waals surface area contributed by atoms with E-state index in [9.17, 15) is 4.79 Å². The number of halogens is 3. The number of morpholine rings is 1. The summed E-state index contributed by atoms with van der Waals surface area (Å²) in [5.41, 5.74) is 1.55. The van der Waals surface area contributed by atoms with Crippen LogP contribution in [-0.2, 0) is 9.53 Å². The van der Waals surface area contributed by atoms with E-state index >= 15 is 0 Å². The van der Waals surface area contributed by atoms with Crippen LogP contribution in [-0.4, -0.2) is 37.0 Å². The number of nitrogens with one attached hydrogen (secondary N) is 1. The number of hydrogen-bond donors (Lipinski definition) is 1. The first-order valence-corrected chi connectivity index (χ1v) is 9.41. The van der Waals surface area contributed by atoms with E-state index in [0.717, 1.165) is 10.0 Å². The van der Waals surface area contributed by atoms with E-state index in [0.29, 0.717) is 35.4 Å². The van der Waals surface area contributed by atoms with Gasteiger partial charge >= 0.3 is 0 Å². The smallest absolute Gasteiger partial charge is 0.238 e. The van der Waals surface area contributed by atoms with Crippen molar-refractivity contribution in [3.8, 4) is 0 Å².